The summed E-state index contributed by atoms with van der Waals surface area (Å²) in [5.41, 5.74) is 2.32. The lowest BCUT2D eigenvalue weighted by atomic mass is 10.2. The van der Waals surface area contributed by atoms with E-state index in [1.54, 1.807) is 30.8 Å². The van der Waals surface area contributed by atoms with E-state index < -0.39 is 5.25 Å². The summed E-state index contributed by atoms with van der Waals surface area (Å²) >= 11 is 7.27. The number of hydrogen-bond donors (Lipinski definition) is 1. The van der Waals surface area contributed by atoms with E-state index in [2.05, 4.69) is 20.8 Å². The summed E-state index contributed by atoms with van der Waals surface area (Å²) in [5, 5.41) is 15.3. The van der Waals surface area contributed by atoms with Crippen LogP contribution in [0.3, 0.4) is 0 Å². The number of halogens is 1. The van der Waals surface area contributed by atoms with Crippen molar-refractivity contribution in [2.75, 3.05) is 12.4 Å². The monoisotopic (exact) mass is 403 g/mol. The Bertz CT molecular complexity index is 962. The third kappa shape index (κ3) is 4.40. The number of anilines is 1. The molecule has 0 fully saturated rings. The van der Waals surface area contributed by atoms with E-state index >= 15 is 0 Å². The van der Waals surface area contributed by atoms with E-state index in [1.165, 1.54) is 11.8 Å². The Labute approximate surface area is 166 Å². The van der Waals surface area contributed by atoms with Gasteiger partial charge in [0.15, 0.2) is 0 Å². The average molecular weight is 404 g/mol. The molecule has 0 saturated carbocycles. The number of rotatable bonds is 6. The quantitative estimate of drug-likeness (QED) is 0.631. The second kappa shape index (κ2) is 8.41. The second-order valence-corrected chi connectivity index (χ2v) is 7.50. The number of carbonyl (C=O) groups is 1. The standard InChI is InChI=1S/C18H18ClN5O2S/c1-11-8-9-13(19)10-14(11)20-17(25)12(2)27-18-21-22-23-24(18)15-6-4-5-7-16(15)26-3/h4-10,12H,1-3H3,(H,20,25). The van der Waals surface area contributed by atoms with E-state index in [4.69, 9.17) is 16.3 Å². The van der Waals surface area contributed by atoms with Gasteiger partial charge in [-0.1, -0.05) is 41.6 Å². The van der Waals surface area contributed by atoms with Crippen LogP contribution < -0.4 is 10.1 Å². The van der Waals surface area contributed by atoms with Crippen LogP contribution in [-0.2, 0) is 4.79 Å². The van der Waals surface area contributed by atoms with Crippen LogP contribution in [0.2, 0.25) is 5.02 Å². The van der Waals surface area contributed by atoms with E-state index in [9.17, 15) is 4.79 Å². The number of aryl methyl sites for hydroxylation is 1. The van der Waals surface area contributed by atoms with Crippen molar-refractivity contribution >= 4 is 35.0 Å². The van der Waals surface area contributed by atoms with Crippen LogP contribution >= 0.6 is 23.4 Å². The summed E-state index contributed by atoms with van der Waals surface area (Å²) in [5.74, 6) is 0.471. The zero-order valence-electron chi connectivity index (χ0n) is 15.0. The summed E-state index contributed by atoms with van der Waals surface area (Å²) in [7, 11) is 1.58. The fourth-order valence-electron chi connectivity index (χ4n) is 2.38. The minimum Gasteiger partial charge on any atom is -0.494 e. The minimum atomic E-state index is -0.428. The number of ether oxygens (including phenoxy) is 1. The van der Waals surface area contributed by atoms with Crippen LogP contribution in [0.5, 0.6) is 5.75 Å². The highest BCUT2D eigenvalue weighted by atomic mass is 35.5. The first-order chi connectivity index (χ1) is 13.0. The first kappa shape index (κ1) is 19.2. The Kier molecular flexibility index (Phi) is 5.98. The number of methoxy groups -OCH3 is 1. The number of thioether (sulfide) groups is 1. The topological polar surface area (TPSA) is 81.9 Å². The smallest absolute Gasteiger partial charge is 0.237 e. The van der Waals surface area contributed by atoms with Crippen molar-refractivity contribution in [1.29, 1.82) is 0 Å². The molecule has 0 radical (unpaired) electrons. The first-order valence-corrected chi connectivity index (χ1v) is 9.41. The van der Waals surface area contributed by atoms with Crippen LogP contribution in [0.1, 0.15) is 12.5 Å². The molecule has 0 spiro atoms. The maximum absolute atomic E-state index is 12.6. The molecule has 1 atom stereocenters. The molecule has 0 bridgehead atoms. The molecular formula is C18H18ClN5O2S. The Morgan fingerprint density at radius 1 is 1.30 bits per heavy atom. The van der Waals surface area contributed by atoms with Gasteiger partial charge in [-0.25, -0.2) is 0 Å². The van der Waals surface area contributed by atoms with Crippen molar-refractivity contribution in [1.82, 2.24) is 20.2 Å². The Balaban J connectivity index is 1.77. The molecule has 1 aromatic heterocycles. The molecule has 27 heavy (non-hydrogen) atoms. The molecule has 9 heteroatoms. The number of tetrazole rings is 1. The molecule has 1 N–H and O–H groups in total. The highest BCUT2D eigenvalue weighted by Gasteiger charge is 2.21. The molecule has 3 rings (SSSR count). The van der Waals surface area contributed by atoms with Gasteiger partial charge >= 0.3 is 0 Å². The minimum absolute atomic E-state index is 0.167. The van der Waals surface area contributed by atoms with Gasteiger partial charge in [-0.2, -0.15) is 4.68 Å². The van der Waals surface area contributed by atoms with E-state index in [0.29, 0.717) is 27.3 Å². The molecule has 3 aromatic rings. The van der Waals surface area contributed by atoms with Crippen LogP contribution in [0.25, 0.3) is 5.69 Å². The molecule has 1 unspecified atom stereocenters. The summed E-state index contributed by atoms with van der Waals surface area (Å²) in [6.45, 7) is 3.70. The highest BCUT2D eigenvalue weighted by molar-refractivity contribution is 8.00. The van der Waals surface area contributed by atoms with E-state index in [1.807, 2.05) is 37.3 Å². The predicted octanol–water partition coefficient (Wildman–Crippen LogP) is 3.75. The Morgan fingerprint density at radius 2 is 2.07 bits per heavy atom. The van der Waals surface area contributed by atoms with E-state index in [0.717, 1.165) is 5.56 Å². The lowest BCUT2D eigenvalue weighted by molar-refractivity contribution is -0.115. The van der Waals surface area contributed by atoms with Crippen molar-refractivity contribution in [2.45, 2.75) is 24.3 Å². The van der Waals surface area contributed by atoms with Gasteiger partial charge in [-0.05, 0) is 54.1 Å². The van der Waals surface area contributed by atoms with Gasteiger partial charge < -0.3 is 10.1 Å². The van der Waals surface area contributed by atoms with Crippen LogP contribution in [0.4, 0.5) is 5.69 Å². The van der Waals surface area contributed by atoms with Gasteiger partial charge in [0.25, 0.3) is 0 Å². The van der Waals surface area contributed by atoms with Crippen molar-refractivity contribution in [2.24, 2.45) is 0 Å². The fourth-order valence-corrected chi connectivity index (χ4v) is 3.36. The molecule has 7 nitrogen and oxygen atoms in total. The van der Waals surface area contributed by atoms with Gasteiger partial charge in [0.05, 0.1) is 12.4 Å². The second-order valence-electron chi connectivity index (χ2n) is 5.75. The molecule has 140 valence electrons. The maximum atomic E-state index is 12.6. The number of carbonyl (C=O) groups excluding carboxylic acids is 1. The summed E-state index contributed by atoms with van der Waals surface area (Å²) in [6, 6.07) is 12.8. The lowest BCUT2D eigenvalue weighted by Gasteiger charge is -2.14. The molecular weight excluding hydrogens is 386 g/mol. The van der Waals surface area contributed by atoms with Crippen LogP contribution in [0, 0.1) is 6.92 Å². The van der Waals surface area contributed by atoms with Gasteiger partial charge in [-0.15, -0.1) is 5.10 Å². The first-order valence-electron chi connectivity index (χ1n) is 8.15. The Hall–Kier alpha value is -2.58. The zero-order valence-corrected chi connectivity index (χ0v) is 16.6. The largest absolute Gasteiger partial charge is 0.494 e. The third-order valence-corrected chi connectivity index (χ3v) is 5.13. The number of benzene rings is 2. The summed E-state index contributed by atoms with van der Waals surface area (Å²) in [4.78, 5) is 12.6. The molecule has 0 aliphatic carbocycles. The van der Waals surface area contributed by atoms with Crippen LogP contribution in [-0.4, -0.2) is 38.5 Å². The maximum Gasteiger partial charge on any atom is 0.237 e. The number of nitrogens with zero attached hydrogens (tertiary/aromatic N) is 4. The van der Waals surface area contributed by atoms with Crippen molar-refractivity contribution in [3.63, 3.8) is 0 Å². The average Bonchev–Trinajstić information content (AvgIpc) is 3.12. The molecule has 1 amide bonds. The highest BCUT2D eigenvalue weighted by Crippen LogP contribution is 2.28. The number of para-hydroxylation sites is 2. The number of hydrogen-bond acceptors (Lipinski definition) is 6. The zero-order chi connectivity index (χ0) is 19.4. The SMILES string of the molecule is COc1ccccc1-n1nnnc1SC(C)C(=O)Nc1cc(Cl)ccc1C. The van der Waals surface area contributed by atoms with Gasteiger partial charge in [0.1, 0.15) is 11.4 Å². The molecule has 0 saturated heterocycles. The Morgan fingerprint density at radius 3 is 2.85 bits per heavy atom. The third-order valence-electron chi connectivity index (χ3n) is 3.86. The van der Waals surface area contributed by atoms with Crippen molar-refractivity contribution in [3.05, 3.63) is 53.1 Å². The van der Waals surface area contributed by atoms with Crippen molar-refractivity contribution < 1.29 is 9.53 Å². The summed E-state index contributed by atoms with van der Waals surface area (Å²) < 4.78 is 6.92. The van der Waals surface area contributed by atoms with Gasteiger partial charge in [-0.3, -0.25) is 4.79 Å². The number of amides is 1. The molecule has 0 aliphatic rings. The molecule has 1 heterocycles. The number of nitrogens with one attached hydrogen (secondary N) is 1. The summed E-state index contributed by atoms with van der Waals surface area (Å²) in [6.07, 6.45) is 0. The lowest BCUT2D eigenvalue weighted by Crippen LogP contribution is -2.23. The fraction of sp³-hybridized carbons (Fsp3) is 0.222. The van der Waals surface area contributed by atoms with Gasteiger partial charge in [0.2, 0.25) is 11.1 Å². The predicted molar refractivity (Wildman–Crippen MR) is 106 cm³/mol. The molecule has 2 aromatic carbocycles. The van der Waals surface area contributed by atoms with E-state index in [-0.39, 0.29) is 5.91 Å². The normalized spacial score (nSPS) is 11.9. The molecule has 0 aliphatic heterocycles. The number of aromatic nitrogens is 4. The van der Waals surface area contributed by atoms with Crippen molar-refractivity contribution in [3.8, 4) is 11.4 Å². The van der Waals surface area contributed by atoms with Gasteiger partial charge in [0, 0.05) is 10.7 Å². The van der Waals surface area contributed by atoms with Crippen LogP contribution in [0.15, 0.2) is 47.6 Å².